The highest BCUT2D eigenvalue weighted by Crippen LogP contribution is 2.20. The average molecular weight is 249 g/mol. The molecule has 17 heavy (non-hydrogen) atoms. The van der Waals surface area contributed by atoms with Gasteiger partial charge in [-0.2, -0.15) is 0 Å². The lowest BCUT2D eigenvalue weighted by atomic mass is 10.0. The van der Waals surface area contributed by atoms with Crippen molar-refractivity contribution in [1.82, 2.24) is 0 Å². The van der Waals surface area contributed by atoms with Crippen LogP contribution in [0.15, 0.2) is 41.6 Å². The van der Waals surface area contributed by atoms with Gasteiger partial charge in [-0.1, -0.05) is 35.0 Å². The second-order valence-corrected chi connectivity index (χ2v) is 3.96. The predicted octanol–water partition coefficient (Wildman–Crippen LogP) is 2.16. The minimum absolute atomic E-state index is 0.165. The van der Waals surface area contributed by atoms with Crippen LogP contribution >= 0.6 is 11.6 Å². The molecule has 4 nitrogen and oxygen atoms in total. The summed E-state index contributed by atoms with van der Waals surface area (Å²) in [7, 11) is 0. The van der Waals surface area contributed by atoms with Crippen LogP contribution in [0.4, 0.5) is 0 Å². The van der Waals surface area contributed by atoms with E-state index in [0.29, 0.717) is 10.6 Å². The largest absolute Gasteiger partial charge is 0.410 e. The van der Waals surface area contributed by atoms with Gasteiger partial charge in [0.25, 0.3) is 5.91 Å². The fraction of sp³-hybridized carbons (Fsp3) is 0. The molecular formula is C12H9ClN2O2. The molecule has 2 rings (SSSR count). The Labute approximate surface area is 102 Å². The number of halogens is 1. The average Bonchev–Trinajstić information content (AvgIpc) is 2.29. The number of fused-ring (bicyclic) bond motifs is 1. The highest BCUT2D eigenvalue weighted by Gasteiger charge is 2.11. The molecule has 2 aromatic rings. The maximum absolute atomic E-state index is 11.0. The lowest BCUT2D eigenvalue weighted by Gasteiger charge is -2.03. The molecule has 0 saturated carbocycles. The van der Waals surface area contributed by atoms with Crippen molar-refractivity contribution in [3.8, 4) is 0 Å². The Kier molecular flexibility index (Phi) is 2.97. The Morgan fingerprint density at radius 3 is 2.47 bits per heavy atom. The van der Waals surface area contributed by atoms with Crippen molar-refractivity contribution in [1.29, 1.82) is 0 Å². The van der Waals surface area contributed by atoms with Crippen LogP contribution in [0.5, 0.6) is 0 Å². The minimum atomic E-state index is -0.777. The van der Waals surface area contributed by atoms with Gasteiger partial charge < -0.3 is 10.9 Å². The minimum Gasteiger partial charge on any atom is -0.410 e. The van der Waals surface area contributed by atoms with Crippen LogP contribution in [0.1, 0.15) is 5.56 Å². The summed E-state index contributed by atoms with van der Waals surface area (Å²) in [5, 5.41) is 14.1. The second kappa shape index (κ2) is 4.43. The van der Waals surface area contributed by atoms with E-state index in [-0.39, 0.29) is 5.71 Å². The van der Waals surface area contributed by atoms with Gasteiger partial charge in [0, 0.05) is 10.6 Å². The number of carbonyl (C=O) groups excluding carboxylic acids is 1. The van der Waals surface area contributed by atoms with Crippen molar-refractivity contribution in [3.63, 3.8) is 0 Å². The normalized spacial score (nSPS) is 11.7. The zero-order chi connectivity index (χ0) is 12.4. The molecule has 0 aliphatic carbocycles. The van der Waals surface area contributed by atoms with Gasteiger partial charge in [0.15, 0.2) is 5.71 Å². The van der Waals surface area contributed by atoms with Gasteiger partial charge in [-0.15, -0.1) is 0 Å². The Hall–Kier alpha value is -2.07. The first-order chi connectivity index (χ1) is 8.11. The molecule has 3 N–H and O–H groups in total. The molecule has 2 aromatic carbocycles. The number of primary amides is 1. The van der Waals surface area contributed by atoms with Crippen LogP contribution in [0.3, 0.4) is 0 Å². The zero-order valence-corrected chi connectivity index (χ0v) is 9.48. The van der Waals surface area contributed by atoms with Crippen molar-refractivity contribution >= 4 is 34.0 Å². The number of benzene rings is 2. The molecule has 0 spiro atoms. The van der Waals surface area contributed by atoms with Gasteiger partial charge in [0.05, 0.1) is 0 Å². The lowest BCUT2D eigenvalue weighted by Crippen LogP contribution is -2.24. The van der Waals surface area contributed by atoms with E-state index in [9.17, 15) is 4.79 Å². The van der Waals surface area contributed by atoms with E-state index in [2.05, 4.69) is 5.16 Å². The summed E-state index contributed by atoms with van der Waals surface area (Å²) in [5.41, 5.74) is 5.40. The fourth-order valence-electron chi connectivity index (χ4n) is 1.61. The number of amides is 1. The van der Waals surface area contributed by atoms with Gasteiger partial charge in [0.2, 0.25) is 0 Å². The summed E-state index contributed by atoms with van der Waals surface area (Å²) in [6.07, 6.45) is 0. The summed E-state index contributed by atoms with van der Waals surface area (Å²) >= 11 is 5.86. The number of nitrogens with zero attached hydrogens (tertiary/aromatic N) is 1. The second-order valence-electron chi connectivity index (χ2n) is 3.52. The van der Waals surface area contributed by atoms with Crippen LogP contribution in [-0.4, -0.2) is 16.8 Å². The molecule has 0 heterocycles. The van der Waals surface area contributed by atoms with Gasteiger partial charge in [0.1, 0.15) is 0 Å². The predicted molar refractivity (Wildman–Crippen MR) is 66.5 cm³/mol. The van der Waals surface area contributed by atoms with Crippen molar-refractivity contribution in [2.45, 2.75) is 0 Å². The van der Waals surface area contributed by atoms with Crippen LogP contribution in [0.2, 0.25) is 5.02 Å². The number of oxime groups is 1. The van der Waals surface area contributed by atoms with E-state index in [4.69, 9.17) is 22.5 Å². The SMILES string of the molecule is NC(=O)/C(=N/O)c1ccc2cc(Cl)ccc2c1. The Morgan fingerprint density at radius 2 is 1.82 bits per heavy atom. The van der Waals surface area contributed by atoms with E-state index >= 15 is 0 Å². The molecule has 0 unspecified atom stereocenters. The number of nitrogens with two attached hydrogens (primary N) is 1. The summed E-state index contributed by atoms with van der Waals surface area (Å²) in [6.45, 7) is 0. The number of rotatable bonds is 2. The Bertz CT molecular complexity index is 623. The van der Waals surface area contributed by atoms with E-state index in [0.717, 1.165) is 10.8 Å². The van der Waals surface area contributed by atoms with Gasteiger partial charge >= 0.3 is 0 Å². The van der Waals surface area contributed by atoms with E-state index in [1.165, 1.54) is 0 Å². The monoisotopic (exact) mass is 248 g/mol. The van der Waals surface area contributed by atoms with Crippen molar-refractivity contribution in [3.05, 3.63) is 47.0 Å². The van der Waals surface area contributed by atoms with Crippen LogP contribution in [0, 0.1) is 0 Å². The molecule has 5 heteroatoms. The first-order valence-electron chi connectivity index (χ1n) is 4.83. The fourth-order valence-corrected chi connectivity index (χ4v) is 1.79. The van der Waals surface area contributed by atoms with Crippen molar-refractivity contribution < 1.29 is 10.0 Å². The molecule has 0 saturated heterocycles. The Morgan fingerprint density at radius 1 is 1.18 bits per heavy atom. The molecule has 0 aliphatic heterocycles. The molecule has 0 aromatic heterocycles. The molecule has 0 bridgehead atoms. The zero-order valence-electron chi connectivity index (χ0n) is 8.72. The lowest BCUT2D eigenvalue weighted by molar-refractivity contribution is -0.112. The third kappa shape index (κ3) is 2.21. The summed E-state index contributed by atoms with van der Waals surface area (Å²) in [6, 6.07) is 10.5. The van der Waals surface area contributed by atoms with Crippen LogP contribution in [0.25, 0.3) is 10.8 Å². The number of carbonyl (C=O) groups is 1. The quantitative estimate of drug-likeness (QED) is 0.485. The molecule has 0 fully saturated rings. The van der Waals surface area contributed by atoms with Gasteiger partial charge in [-0.3, -0.25) is 4.79 Å². The van der Waals surface area contributed by atoms with Gasteiger partial charge in [-0.25, -0.2) is 0 Å². The van der Waals surface area contributed by atoms with Crippen molar-refractivity contribution in [2.24, 2.45) is 10.9 Å². The maximum atomic E-state index is 11.0. The van der Waals surface area contributed by atoms with Crippen LogP contribution in [-0.2, 0) is 4.79 Å². The van der Waals surface area contributed by atoms with E-state index in [1.807, 2.05) is 6.07 Å². The first kappa shape index (κ1) is 11.4. The summed E-state index contributed by atoms with van der Waals surface area (Å²) in [4.78, 5) is 11.0. The first-order valence-corrected chi connectivity index (χ1v) is 5.21. The standard InChI is InChI=1S/C12H9ClN2O2/c13-10-4-3-7-5-9(2-1-8(7)6-10)11(15-17)12(14)16/h1-6,17H,(H2,14,16)/b15-11+. The molecule has 86 valence electrons. The summed E-state index contributed by atoms with van der Waals surface area (Å²) in [5.74, 6) is -0.777. The number of hydrogen-bond acceptors (Lipinski definition) is 3. The highest BCUT2D eigenvalue weighted by atomic mass is 35.5. The van der Waals surface area contributed by atoms with Crippen molar-refractivity contribution in [2.75, 3.05) is 0 Å². The van der Waals surface area contributed by atoms with Gasteiger partial charge in [-0.05, 0) is 29.0 Å². The molecule has 0 radical (unpaired) electrons. The third-order valence-electron chi connectivity index (χ3n) is 2.41. The smallest absolute Gasteiger partial charge is 0.271 e. The topological polar surface area (TPSA) is 75.7 Å². The maximum Gasteiger partial charge on any atom is 0.271 e. The molecular weight excluding hydrogens is 240 g/mol. The third-order valence-corrected chi connectivity index (χ3v) is 2.64. The molecule has 0 atom stereocenters. The number of hydrogen-bond donors (Lipinski definition) is 2. The summed E-state index contributed by atoms with van der Waals surface area (Å²) < 4.78 is 0. The molecule has 1 amide bonds. The highest BCUT2D eigenvalue weighted by molar-refractivity contribution is 6.45. The Balaban J connectivity index is 2.59. The molecule has 0 aliphatic rings. The van der Waals surface area contributed by atoms with E-state index in [1.54, 1.807) is 30.3 Å². The van der Waals surface area contributed by atoms with Crippen LogP contribution < -0.4 is 5.73 Å². The van der Waals surface area contributed by atoms with E-state index < -0.39 is 5.91 Å².